The van der Waals surface area contributed by atoms with Crippen molar-refractivity contribution in [2.45, 2.75) is 18.9 Å². The number of carbonyl (C=O) groups excluding carboxylic acids is 2. The van der Waals surface area contributed by atoms with Crippen LogP contribution in [0.15, 0.2) is 48.5 Å². The van der Waals surface area contributed by atoms with E-state index in [9.17, 15) is 18.4 Å². The molecule has 1 fully saturated rings. The first kappa shape index (κ1) is 19.6. The predicted octanol–water partition coefficient (Wildman–Crippen LogP) is 3.16. The maximum Gasteiger partial charge on any atom is 0.319 e. The lowest BCUT2D eigenvalue weighted by atomic mass is 10.1. The molecule has 0 aliphatic carbocycles. The van der Waals surface area contributed by atoms with E-state index in [1.54, 1.807) is 17.0 Å². The molecule has 28 heavy (non-hydrogen) atoms. The smallest absolute Gasteiger partial charge is 0.319 e. The highest BCUT2D eigenvalue weighted by atomic mass is 19.1. The molecule has 1 heterocycles. The van der Waals surface area contributed by atoms with Gasteiger partial charge >= 0.3 is 6.03 Å². The number of urea groups is 1. The van der Waals surface area contributed by atoms with E-state index in [-0.39, 0.29) is 30.3 Å². The monoisotopic (exact) mass is 389 g/mol. The minimum absolute atomic E-state index is 0.0387. The SMILES string of the molecule is O=C(Nc1ccccc1)NC1CCN(C(=O)COc2ccc(F)cc2F)CC1. The van der Waals surface area contributed by atoms with E-state index in [1.165, 1.54) is 0 Å². The average molecular weight is 389 g/mol. The third kappa shape index (κ3) is 5.42. The summed E-state index contributed by atoms with van der Waals surface area (Å²) >= 11 is 0. The first-order chi connectivity index (χ1) is 13.5. The van der Waals surface area contributed by atoms with Crippen LogP contribution >= 0.6 is 0 Å². The molecule has 0 bridgehead atoms. The van der Waals surface area contributed by atoms with Crippen LogP contribution in [0.3, 0.4) is 0 Å². The lowest BCUT2D eigenvalue weighted by Crippen LogP contribution is -2.48. The molecule has 0 saturated carbocycles. The van der Waals surface area contributed by atoms with Gasteiger partial charge in [-0.05, 0) is 37.1 Å². The normalized spacial score (nSPS) is 14.4. The summed E-state index contributed by atoms with van der Waals surface area (Å²) in [5, 5.41) is 5.65. The fourth-order valence-corrected chi connectivity index (χ4v) is 2.97. The number of rotatable bonds is 5. The van der Waals surface area contributed by atoms with E-state index in [4.69, 9.17) is 4.74 Å². The molecule has 1 saturated heterocycles. The number of nitrogens with one attached hydrogen (secondary N) is 2. The van der Waals surface area contributed by atoms with Crippen molar-refractivity contribution in [1.29, 1.82) is 0 Å². The van der Waals surface area contributed by atoms with E-state index in [0.29, 0.717) is 37.7 Å². The van der Waals surface area contributed by atoms with E-state index in [2.05, 4.69) is 10.6 Å². The van der Waals surface area contributed by atoms with Gasteiger partial charge in [-0.3, -0.25) is 4.79 Å². The zero-order valence-corrected chi connectivity index (χ0v) is 15.2. The molecule has 148 valence electrons. The number of piperidine rings is 1. The fourth-order valence-electron chi connectivity index (χ4n) is 2.97. The summed E-state index contributed by atoms with van der Waals surface area (Å²) in [6.45, 7) is 0.601. The van der Waals surface area contributed by atoms with Crippen molar-refractivity contribution in [3.05, 3.63) is 60.2 Å². The summed E-state index contributed by atoms with van der Waals surface area (Å²) < 4.78 is 31.6. The second-order valence-electron chi connectivity index (χ2n) is 6.48. The maximum absolute atomic E-state index is 13.5. The van der Waals surface area contributed by atoms with Crippen molar-refractivity contribution in [3.8, 4) is 5.75 Å². The summed E-state index contributed by atoms with van der Waals surface area (Å²) in [6.07, 6.45) is 1.22. The lowest BCUT2D eigenvalue weighted by Gasteiger charge is -2.32. The highest BCUT2D eigenvalue weighted by molar-refractivity contribution is 5.89. The molecule has 0 atom stereocenters. The van der Waals surface area contributed by atoms with Crippen molar-refractivity contribution in [1.82, 2.24) is 10.2 Å². The molecule has 1 aliphatic rings. The van der Waals surface area contributed by atoms with E-state index in [1.807, 2.05) is 18.2 Å². The largest absolute Gasteiger partial charge is 0.481 e. The Hall–Kier alpha value is -3.16. The third-order valence-electron chi connectivity index (χ3n) is 4.46. The predicted molar refractivity (Wildman–Crippen MR) is 100 cm³/mol. The number of para-hydroxylation sites is 1. The molecule has 0 radical (unpaired) electrons. The molecular weight excluding hydrogens is 368 g/mol. The van der Waals surface area contributed by atoms with Gasteiger partial charge in [-0.1, -0.05) is 18.2 Å². The van der Waals surface area contributed by atoms with Gasteiger partial charge in [0.25, 0.3) is 5.91 Å². The minimum Gasteiger partial charge on any atom is -0.481 e. The molecule has 0 spiro atoms. The van der Waals surface area contributed by atoms with Crippen LogP contribution in [0.25, 0.3) is 0 Å². The number of anilines is 1. The van der Waals surface area contributed by atoms with Crippen LogP contribution in [-0.4, -0.2) is 42.6 Å². The Kier molecular flexibility index (Phi) is 6.41. The molecule has 3 rings (SSSR count). The highest BCUT2D eigenvalue weighted by Gasteiger charge is 2.24. The summed E-state index contributed by atoms with van der Waals surface area (Å²) in [7, 11) is 0. The van der Waals surface area contributed by atoms with Crippen LogP contribution in [0.5, 0.6) is 5.75 Å². The molecule has 1 aliphatic heterocycles. The standard InChI is InChI=1S/C20H21F2N3O3/c21-14-6-7-18(17(22)12-14)28-13-19(26)25-10-8-16(9-11-25)24-20(27)23-15-4-2-1-3-5-15/h1-7,12,16H,8-11,13H2,(H2,23,24,27). The molecule has 2 aromatic rings. The van der Waals surface area contributed by atoms with Gasteiger partial charge in [-0.2, -0.15) is 0 Å². The zero-order valence-electron chi connectivity index (χ0n) is 15.2. The highest BCUT2D eigenvalue weighted by Crippen LogP contribution is 2.18. The number of halogens is 2. The summed E-state index contributed by atoms with van der Waals surface area (Å²) in [6, 6.07) is 11.7. The van der Waals surface area contributed by atoms with Gasteiger partial charge < -0.3 is 20.3 Å². The summed E-state index contributed by atoms with van der Waals surface area (Å²) in [5.74, 6) is -2.00. The number of benzene rings is 2. The molecule has 6 nitrogen and oxygen atoms in total. The van der Waals surface area contributed by atoms with Gasteiger partial charge in [0.05, 0.1) is 0 Å². The van der Waals surface area contributed by atoms with Gasteiger partial charge in [0, 0.05) is 30.9 Å². The quantitative estimate of drug-likeness (QED) is 0.825. The van der Waals surface area contributed by atoms with Crippen molar-refractivity contribution in [2.24, 2.45) is 0 Å². The zero-order chi connectivity index (χ0) is 19.9. The Bertz CT molecular complexity index is 825. The molecule has 0 unspecified atom stereocenters. The summed E-state index contributed by atoms with van der Waals surface area (Å²) in [4.78, 5) is 25.9. The van der Waals surface area contributed by atoms with Crippen molar-refractivity contribution >= 4 is 17.6 Å². The topological polar surface area (TPSA) is 70.7 Å². The number of nitrogens with zero attached hydrogens (tertiary/aromatic N) is 1. The Labute approximate surface area is 161 Å². The minimum atomic E-state index is -0.847. The van der Waals surface area contributed by atoms with Crippen LogP contribution < -0.4 is 15.4 Å². The maximum atomic E-state index is 13.5. The molecule has 2 N–H and O–H groups in total. The van der Waals surface area contributed by atoms with Crippen LogP contribution in [-0.2, 0) is 4.79 Å². The number of carbonyl (C=O) groups is 2. The number of hydrogen-bond donors (Lipinski definition) is 2. The molecule has 0 aromatic heterocycles. The Balaban J connectivity index is 1.40. The van der Waals surface area contributed by atoms with E-state index in [0.717, 1.165) is 12.1 Å². The van der Waals surface area contributed by atoms with E-state index < -0.39 is 11.6 Å². The Morgan fingerprint density at radius 2 is 1.79 bits per heavy atom. The lowest BCUT2D eigenvalue weighted by molar-refractivity contribution is -0.134. The second kappa shape index (κ2) is 9.16. The van der Waals surface area contributed by atoms with Crippen molar-refractivity contribution in [2.75, 3.05) is 25.0 Å². The van der Waals surface area contributed by atoms with Crippen molar-refractivity contribution in [3.63, 3.8) is 0 Å². The first-order valence-electron chi connectivity index (χ1n) is 8.99. The van der Waals surface area contributed by atoms with Gasteiger partial charge in [-0.15, -0.1) is 0 Å². The van der Waals surface area contributed by atoms with Crippen LogP contribution in [0.1, 0.15) is 12.8 Å². The van der Waals surface area contributed by atoms with Gasteiger partial charge in [0.15, 0.2) is 18.2 Å². The molecule has 8 heteroatoms. The Morgan fingerprint density at radius 3 is 2.46 bits per heavy atom. The fraction of sp³-hybridized carbons (Fsp3) is 0.300. The average Bonchev–Trinajstić information content (AvgIpc) is 2.68. The van der Waals surface area contributed by atoms with Gasteiger partial charge in [0.2, 0.25) is 0 Å². The van der Waals surface area contributed by atoms with Crippen molar-refractivity contribution < 1.29 is 23.1 Å². The number of hydrogen-bond acceptors (Lipinski definition) is 3. The van der Waals surface area contributed by atoms with E-state index >= 15 is 0 Å². The van der Waals surface area contributed by atoms with Gasteiger partial charge in [-0.25, -0.2) is 13.6 Å². The first-order valence-corrected chi connectivity index (χ1v) is 8.99. The van der Waals surface area contributed by atoms with Gasteiger partial charge in [0.1, 0.15) is 5.82 Å². The second-order valence-corrected chi connectivity index (χ2v) is 6.48. The van der Waals surface area contributed by atoms with Crippen LogP contribution in [0.2, 0.25) is 0 Å². The van der Waals surface area contributed by atoms with Crippen LogP contribution in [0.4, 0.5) is 19.3 Å². The third-order valence-corrected chi connectivity index (χ3v) is 4.46. The summed E-state index contributed by atoms with van der Waals surface area (Å²) in [5.41, 5.74) is 0.706. The molecular formula is C20H21F2N3O3. The Morgan fingerprint density at radius 1 is 1.07 bits per heavy atom. The number of likely N-dealkylation sites (tertiary alicyclic amines) is 1. The number of amides is 3. The molecule has 3 amide bonds. The number of ether oxygens (including phenoxy) is 1. The van der Waals surface area contributed by atoms with Crippen LogP contribution in [0, 0.1) is 11.6 Å². The molecule has 2 aromatic carbocycles.